The molecule has 1 fully saturated rings. The van der Waals surface area contributed by atoms with Gasteiger partial charge in [-0.1, -0.05) is 6.42 Å². The van der Waals surface area contributed by atoms with E-state index in [4.69, 9.17) is 10.5 Å². The van der Waals surface area contributed by atoms with Crippen molar-refractivity contribution >= 4 is 12.4 Å². The molecule has 0 radical (unpaired) electrons. The van der Waals surface area contributed by atoms with Gasteiger partial charge in [0, 0.05) is 25.9 Å². The Hall–Kier alpha value is -1.10. The van der Waals surface area contributed by atoms with Gasteiger partial charge in [0.1, 0.15) is 0 Å². The normalized spacial score (nSPS) is 21.9. The van der Waals surface area contributed by atoms with Gasteiger partial charge >= 0.3 is 0 Å². The lowest BCUT2D eigenvalue weighted by atomic mass is 10.2. The second kappa shape index (κ2) is 6.40. The molecule has 0 bridgehead atoms. The molecule has 0 aromatic carbocycles. The molecule has 5 heteroatoms. The summed E-state index contributed by atoms with van der Waals surface area (Å²) in [5.41, 5.74) is 5.34. The number of likely N-dealkylation sites (tertiary alicyclic amines) is 1. The topological polar surface area (TPSA) is 72.6 Å². The van der Waals surface area contributed by atoms with Crippen molar-refractivity contribution in [2.24, 2.45) is 5.73 Å². The van der Waals surface area contributed by atoms with Gasteiger partial charge in [-0.25, -0.2) is 0 Å². The molecule has 0 spiro atoms. The molecule has 2 N–H and O–H groups in total. The minimum absolute atomic E-state index is 0.0220. The zero-order valence-electron chi connectivity index (χ0n) is 8.85. The molecule has 0 aromatic rings. The summed E-state index contributed by atoms with van der Waals surface area (Å²) in [5.74, 6) is -0.0220. The van der Waals surface area contributed by atoms with Crippen LogP contribution < -0.4 is 5.73 Å². The van der Waals surface area contributed by atoms with Crippen molar-refractivity contribution in [2.75, 3.05) is 13.1 Å². The first kappa shape index (κ1) is 12.0. The van der Waals surface area contributed by atoms with E-state index in [1.54, 1.807) is 4.90 Å². The van der Waals surface area contributed by atoms with E-state index in [0.717, 1.165) is 25.7 Å². The van der Waals surface area contributed by atoms with Crippen molar-refractivity contribution in [2.45, 2.75) is 38.3 Å². The van der Waals surface area contributed by atoms with Crippen LogP contribution in [0.5, 0.6) is 0 Å². The zero-order valence-corrected chi connectivity index (χ0v) is 8.85. The predicted octanol–water partition coefficient (Wildman–Crippen LogP) is 0.237. The fourth-order valence-electron chi connectivity index (χ4n) is 1.84. The zero-order chi connectivity index (χ0) is 11.1. The van der Waals surface area contributed by atoms with Gasteiger partial charge in [-0.3, -0.25) is 9.59 Å². The van der Waals surface area contributed by atoms with Crippen molar-refractivity contribution in [1.82, 2.24) is 4.90 Å². The predicted molar refractivity (Wildman–Crippen MR) is 54.8 cm³/mol. The van der Waals surface area contributed by atoms with Crippen LogP contribution in [-0.2, 0) is 14.3 Å². The van der Waals surface area contributed by atoms with E-state index < -0.39 is 0 Å². The highest BCUT2D eigenvalue weighted by Crippen LogP contribution is 2.17. The number of carbonyl (C=O) groups excluding carboxylic acids is 2. The smallest absolute Gasteiger partial charge is 0.295 e. The summed E-state index contributed by atoms with van der Waals surface area (Å²) in [7, 11) is 0. The highest BCUT2D eigenvalue weighted by atomic mass is 16.5. The number of nitrogens with zero attached hydrogens (tertiary/aromatic N) is 1. The van der Waals surface area contributed by atoms with E-state index in [9.17, 15) is 9.59 Å². The molecule has 5 nitrogen and oxygen atoms in total. The number of rotatable bonds is 4. The third-order valence-corrected chi connectivity index (χ3v) is 2.59. The molecule has 86 valence electrons. The minimum atomic E-state index is -0.385. The second-order valence-corrected chi connectivity index (χ2v) is 3.66. The van der Waals surface area contributed by atoms with Crippen LogP contribution in [0.15, 0.2) is 0 Å². The van der Waals surface area contributed by atoms with Gasteiger partial charge < -0.3 is 15.4 Å². The number of amides is 1. The molecule has 0 saturated carbocycles. The first-order valence-electron chi connectivity index (χ1n) is 5.38. The Morgan fingerprint density at radius 3 is 2.93 bits per heavy atom. The van der Waals surface area contributed by atoms with Crippen molar-refractivity contribution in [3.8, 4) is 0 Å². The van der Waals surface area contributed by atoms with Crippen molar-refractivity contribution in [3.05, 3.63) is 0 Å². The summed E-state index contributed by atoms with van der Waals surface area (Å²) in [6.07, 6.45) is 3.70. The summed E-state index contributed by atoms with van der Waals surface area (Å²) in [6.45, 7) is 1.42. The van der Waals surface area contributed by atoms with Crippen molar-refractivity contribution in [1.29, 1.82) is 0 Å². The summed E-state index contributed by atoms with van der Waals surface area (Å²) in [5, 5.41) is 0. The average molecular weight is 214 g/mol. The first-order chi connectivity index (χ1) is 7.29. The fraction of sp³-hybridized carbons (Fsp3) is 0.800. The summed E-state index contributed by atoms with van der Waals surface area (Å²) in [6, 6.07) is 0. The fourth-order valence-corrected chi connectivity index (χ4v) is 1.84. The van der Waals surface area contributed by atoms with Crippen LogP contribution in [0.1, 0.15) is 32.1 Å². The molecule has 15 heavy (non-hydrogen) atoms. The van der Waals surface area contributed by atoms with E-state index in [2.05, 4.69) is 0 Å². The monoisotopic (exact) mass is 214 g/mol. The molecule has 1 unspecified atom stereocenters. The molecular weight excluding hydrogens is 196 g/mol. The number of carbonyl (C=O) groups is 2. The number of nitrogens with two attached hydrogens (primary N) is 1. The van der Waals surface area contributed by atoms with E-state index in [-0.39, 0.29) is 12.1 Å². The molecule has 1 atom stereocenters. The lowest BCUT2D eigenvalue weighted by molar-refractivity contribution is -0.154. The Bertz CT molecular complexity index is 221. The first-order valence-corrected chi connectivity index (χ1v) is 5.38. The average Bonchev–Trinajstić information content (AvgIpc) is 2.44. The quantitative estimate of drug-likeness (QED) is 0.680. The number of hydrogen-bond donors (Lipinski definition) is 1. The van der Waals surface area contributed by atoms with Crippen molar-refractivity contribution < 1.29 is 14.3 Å². The van der Waals surface area contributed by atoms with Crippen LogP contribution in [0.25, 0.3) is 0 Å². The molecule has 1 rings (SSSR count). The van der Waals surface area contributed by atoms with Gasteiger partial charge in [-0.15, -0.1) is 0 Å². The van der Waals surface area contributed by atoms with Crippen LogP contribution in [0, 0.1) is 0 Å². The molecule has 1 aliphatic heterocycles. The van der Waals surface area contributed by atoms with Crippen LogP contribution in [-0.4, -0.2) is 36.6 Å². The Morgan fingerprint density at radius 2 is 2.27 bits per heavy atom. The van der Waals surface area contributed by atoms with Gasteiger partial charge in [0.05, 0.1) is 0 Å². The maximum absolute atomic E-state index is 11.7. The lowest BCUT2D eigenvalue weighted by Gasteiger charge is -2.28. The summed E-state index contributed by atoms with van der Waals surface area (Å²) in [4.78, 5) is 23.6. The molecular formula is C10H18N2O3. The third-order valence-electron chi connectivity index (χ3n) is 2.59. The number of ether oxygens (including phenoxy) is 1. The molecule has 1 saturated heterocycles. The van der Waals surface area contributed by atoms with Gasteiger partial charge in [-0.2, -0.15) is 0 Å². The molecule has 1 heterocycles. The standard InChI is InChI=1S/C10H18N2O3/c11-6-5-9(14)12-7-3-1-2-4-10(12)15-8-13/h8,10H,1-7,11H2. The highest BCUT2D eigenvalue weighted by molar-refractivity contribution is 5.76. The van der Waals surface area contributed by atoms with E-state index >= 15 is 0 Å². The highest BCUT2D eigenvalue weighted by Gasteiger charge is 2.25. The van der Waals surface area contributed by atoms with E-state index in [1.165, 1.54) is 0 Å². The van der Waals surface area contributed by atoms with Crippen LogP contribution in [0.3, 0.4) is 0 Å². The minimum Gasteiger partial charge on any atom is -0.444 e. The largest absolute Gasteiger partial charge is 0.444 e. The molecule has 0 aliphatic carbocycles. The Labute approximate surface area is 89.6 Å². The Kier molecular flexibility index (Phi) is 5.10. The van der Waals surface area contributed by atoms with E-state index in [1.807, 2.05) is 0 Å². The van der Waals surface area contributed by atoms with Gasteiger partial charge in [0.15, 0.2) is 6.23 Å². The summed E-state index contributed by atoms with van der Waals surface area (Å²) < 4.78 is 4.93. The Balaban J connectivity index is 2.60. The van der Waals surface area contributed by atoms with Crippen LogP contribution in [0.4, 0.5) is 0 Å². The Morgan fingerprint density at radius 1 is 1.47 bits per heavy atom. The lowest BCUT2D eigenvalue weighted by Crippen LogP contribution is -2.42. The van der Waals surface area contributed by atoms with Crippen LogP contribution >= 0.6 is 0 Å². The van der Waals surface area contributed by atoms with Gasteiger partial charge in [0.2, 0.25) is 5.91 Å². The van der Waals surface area contributed by atoms with E-state index in [0.29, 0.717) is 26.0 Å². The summed E-state index contributed by atoms with van der Waals surface area (Å²) >= 11 is 0. The van der Waals surface area contributed by atoms with Gasteiger partial charge in [-0.05, 0) is 12.8 Å². The maximum Gasteiger partial charge on any atom is 0.295 e. The molecule has 0 aromatic heterocycles. The molecule has 1 amide bonds. The van der Waals surface area contributed by atoms with Crippen molar-refractivity contribution in [3.63, 3.8) is 0 Å². The van der Waals surface area contributed by atoms with Crippen LogP contribution in [0.2, 0.25) is 0 Å². The maximum atomic E-state index is 11.7. The third kappa shape index (κ3) is 3.51. The van der Waals surface area contributed by atoms with Gasteiger partial charge in [0.25, 0.3) is 6.47 Å². The second-order valence-electron chi connectivity index (χ2n) is 3.66. The number of hydrogen-bond acceptors (Lipinski definition) is 4. The molecule has 1 aliphatic rings. The SMILES string of the molecule is NCCC(=O)N1CCCCCC1OC=O.